The summed E-state index contributed by atoms with van der Waals surface area (Å²) in [5.41, 5.74) is 3.95. The molecule has 0 amide bonds. The van der Waals surface area contributed by atoms with E-state index < -0.39 is 5.41 Å². The fraction of sp³-hybridized carbons (Fsp3) is 0.609. The van der Waals surface area contributed by atoms with E-state index in [0.717, 1.165) is 55.5 Å². The summed E-state index contributed by atoms with van der Waals surface area (Å²) in [6, 6.07) is 6.41. The van der Waals surface area contributed by atoms with Gasteiger partial charge >= 0.3 is 0 Å². The molecule has 1 aliphatic rings. The zero-order valence-electron chi connectivity index (χ0n) is 17.6. The fourth-order valence-electron chi connectivity index (χ4n) is 4.49. The lowest BCUT2D eigenvalue weighted by molar-refractivity contribution is -0.128. The van der Waals surface area contributed by atoms with Crippen LogP contribution in [0.25, 0.3) is 0 Å². The van der Waals surface area contributed by atoms with Gasteiger partial charge in [0.15, 0.2) is 0 Å². The van der Waals surface area contributed by atoms with Crippen molar-refractivity contribution in [2.75, 3.05) is 0 Å². The molecule has 2 unspecified atom stereocenters. The predicted octanol–water partition coefficient (Wildman–Crippen LogP) is 4.39. The van der Waals surface area contributed by atoms with Gasteiger partial charge in [-0.3, -0.25) is 9.48 Å². The Labute approximate surface area is 168 Å². The van der Waals surface area contributed by atoms with Crippen LogP contribution in [0.15, 0.2) is 24.4 Å². The second kappa shape index (κ2) is 8.56. The van der Waals surface area contributed by atoms with Gasteiger partial charge in [-0.25, -0.2) is 0 Å². The van der Waals surface area contributed by atoms with E-state index in [0.29, 0.717) is 6.42 Å². The average Bonchev–Trinajstić information content (AvgIpc) is 3.28. The van der Waals surface area contributed by atoms with Gasteiger partial charge in [0, 0.05) is 24.6 Å². The van der Waals surface area contributed by atoms with E-state index in [1.54, 1.807) is 0 Å². The van der Waals surface area contributed by atoms with Crippen molar-refractivity contribution in [3.63, 3.8) is 0 Å². The third-order valence-corrected chi connectivity index (χ3v) is 6.27. The number of aliphatic hydroxyl groups excluding tert-OH is 1. The zero-order valence-corrected chi connectivity index (χ0v) is 17.6. The predicted molar refractivity (Wildman–Crippen MR) is 110 cm³/mol. The second-order valence-electron chi connectivity index (χ2n) is 8.58. The molecule has 0 saturated carbocycles. The van der Waals surface area contributed by atoms with Crippen LogP contribution in [-0.2, 0) is 24.2 Å². The lowest BCUT2D eigenvalue weighted by Crippen LogP contribution is -2.32. The molecule has 152 valence electrons. The summed E-state index contributed by atoms with van der Waals surface area (Å²) in [5, 5.41) is 18.8. The highest BCUT2D eigenvalue weighted by molar-refractivity contribution is 5.84. The smallest absolute Gasteiger partial charge is 0.138 e. The van der Waals surface area contributed by atoms with Gasteiger partial charge in [0.2, 0.25) is 0 Å². The number of carbonyl (C=O) groups is 1. The van der Waals surface area contributed by atoms with E-state index >= 15 is 0 Å². The van der Waals surface area contributed by atoms with Gasteiger partial charge in [0.1, 0.15) is 5.78 Å². The lowest BCUT2D eigenvalue weighted by atomic mass is 9.69. The van der Waals surface area contributed by atoms with Crippen LogP contribution >= 0.6 is 0 Å². The number of carbonyl (C=O) groups excluding carboxylic acids is 1. The van der Waals surface area contributed by atoms with Crippen LogP contribution in [0.1, 0.15) is 87.8 Å². The molecule has 3 rings (SSSR count). The molecule has 5 heteroatoms. The molecule has 2 atom stereocenters. The van der Waals surface area contributed by atoms with Crippen molar-refractivity contribution in [1.29, 1.82) is 0 Å². The zero-order chi connectivity index (χ0) is 20.3. The Morgan fingerprint density at radius 1 is 1.36 bits per heavy atom. The summed E-state index contributed by atoms with van der Waals surface area (Å²) >= 11 is 0. The fourth-order valence-corrected chi connectivity index (χ4v) is 4.49. The molecule has 1 aliphatic carbocycles. The van der Waals surface area contributed by atoms with Crippen LogP contribution < -0.4 is 0 Å². The number of aromatic nitrogens is 3. The van der Waals surface area contributed by atoms with Gasteiger partial charge < -0.3 is 5.11 Å². The van der Waals surface area contributed by atoms with Gasteiger partial charge in [-0.05, 0) is 48.3 Å². The summed E-state index contributed by atoms with van der Waals surface area (Å²) in [5.74, 6) is 0.334. The Kier molecular flexibility index (Phi) is 6.33. The number of benzene rings is 1. The number of hydrogen-bond donors (Lipinski definition) is 1. The number of nitrogens with zero attached hydrogens (tertiary/aromatic N) is 3. The largest absolute Gasteiger partial charge is 0.388 e. The van der Waals surface area contributed by atoms with Crippen LogP contribution in [0.3, 0.4) is 0 Å². The number of Topliss-reactive ketones (excluding diaryl/α,β-unsaturated/α-hetero) is 1. The van der Waals surface area contributed by atoms with Crippen LogP contribution in [-0.4, -0.2) is 25.9 Å². The van der Waals surface area contributed by atoms with Gasteiger partial charge in [-0.1, -0.05) is 57.5 Å². The molecule has 0 aliphatic heterocycles. The first-order valence-electron chi connectivity index (χ1n) is 10.6. The maximum Gasteiger partial charge on any atom is 0.138 e. The van der Waals surface area contributed by atoms with Gasteiger partial charge in [-0.2, -0.15) is 0 Å². The molecule has 2 aromatic rings. The maximum absolute atomic E-state index is 12.8. The highest BCUT2D eigenvalue weighted by Crippen LogP contribution is 2.42. The summed E-state index contributed by atoms with van der Waals surface area (Å²) in [6.07, 6.45) is 6.68. The quantitative estimate of drug-likeness (QED) is 0.697. The number of ketones is 1. The molecule has 0 fully saturated rings. The van der Waals surface area contributed by atoms with Crippen molar-refractivity contribution < 1.29 is 9.90 Å². The number of rotatable bonds is 9. The molecule has 28 heavy (non-hydrogen) atoms. The molecule has 0 radical (unpaired) electrons. The van der Waals surface area contributed by atoms with Crippen molar-refractivity contribution in [3.05, 3.63) is 46.8 Å². The minimum absolute atomic E-state index is 0.0666. The standard InChI is InChI=1S/C23H33N3O2/c1-5-7-18-15-26(25-24-18)13-12-20(23(3,4)22(28)6-2)17-9-8-16-10-11-21(27)19(16)14-17/h8-9,14-15,20-21,27H,5-7,10-13H2,1-4H3. The SMILES string of the molecule is CCCc1cn(CCC(c2ccc3c(c2)C(O)CC3)C(C)(C)C(=O)CC)nn1. The summed E-state index contributed by atoms with van der Waals surface area (Å²) in [6.45, 7) is 8.90. The Balaban J connectivity index is 1.87. The topological polar surface area (TPSA) is 68.0 Å². The minimum Gasteiger partial charge on any atom is -0.388 e. The van der Waals surface area contributed by atoms with Crippen molar-refractivity contribution in [2.24, 2.45) is 5.41 Å². The van der Waals surface area contributed by atoms with Crippen LogP contribution in [0.2, 0.25) is 0 Å². The molecule has 0 spiro atoms. The molecule has 1 aromatic carbocycles. The summed E-state index contributed by atoms with van der Waals surface area (Å²) in [4.78, 5) is 12.8. The molecular formula is C23H33N3O2. The number of aliphatic hydroxyl groups is 1. The molecule has 5 nitrogen and oxygen atoms in total. The van der Waals surface area contributed by atoms with Crippen molar-refractivity contribution >= 4 is 5.78 Å². The number of fused-ring (bicyclic) bond motifs is 1. The third-order valence-electron chi connectivity index (χ3n) is 6.27. The minimum atomic E-state index is -0.473. The molecule has 1 heterocycles. The van der Waals surface area contributed by atoms with Crippen molar-refractivity contribution in [1.82, 2.24) is 15.0 Å². The first-order chi connectivity index (χ1) is 13.4. The number of hydrogen-bond acceptors (Lipinski definition) is 4. The van der Waals surface area contributed by atoms with E-state index in [4.69, 9.17) is 0 Å². The van der Waals surface area contributed by atoms with Crippen LogP contribution in [0.4, 0.5) is 0 Å². The molecule has 1 aromatic heterocycles. The lowest BCUT2D eigenvalue weighted by Gasteiger charge is -2.34. The first-order valence-corrected chi connectivity index (χ1v) is 10.6. The maximum atomic E-state index is 12.8. The first kappa shape index (κ1) is 20.7. The van der Waals surface area contributed by atoms with E-state index in [1.165, 1.54) is 5.56 Å². The van der Waals surface area contributed by atoms with Crippen LogP contribution in [0, 0.1) is 5.41 Å². The van der Waals surface area contributed by atoms with Crippen molar-refractivity contribution in [3.8, 4) is 0 Å². The molecule has 0 bridgehead atoms. The van der Waals surface area contributed by atoms with Crippen molar-refractivity contribution in [2.45, 2.75) is 84.8 Å². The van der Waals surface area contributed by atoms with Gasteiger partial charge in [-0.15, -0.1) is 5.10 Å². The van der Waals surface area contributed by atoms with E-state index in [-0.39, 0.29) is 17.8 Å². The van der Waals surface area contributed by atoms with E-state index in [9.17, 15) is 9.90 Å². The molecular weight excluding hydrogens is 350 g/mol. The molecule has 0 saturated heterocycles. The van der Waals surface area contributed by atoms with Crippen LogP contribution in [0.5, 0.6) is 0 Å². The Morgan fingerprint density at radius 2 is 2.14 bits per heavy atom. The highest BCUT2D eigenvalue weighted by atomic mass is 16.3. The highest BCUT2D eigenvalue weighted by Gasteiger charge is 2.37. The molecule has 1 N–H and O–H groups in total. The second-order valence-corrected chi connectivity index (χ2v) is 8.58. The van der Waals surface area contributed by atoms with E-state index in [1.807, 2.05) is 17.8 Å². The Bertz CT molecular complexity index is 825. The van der Waals surface area contributed by atoms with Gasteiger partial charge in [0.25, 0.3) is 0 Å². The van der Waals surface area contributed by atoms with Gasteiger partial charge in [0.05, 0.1) is 11.8 Å². The summed E-state index contributed by atoms with van der Waals surface area (Å²) in [7, 11) is 0. The number of aryl methyl sites for hydroxylation is 3. The third kappa shape index (κ3) is 4.19. The Morgan fingerprint density at radius 3 is 2.86 bits per heavy atom. The monoisotopic (exact) mass is 383 g/mol. The average molecular weight is 384 g/mol. The summed E-state index contributed by atoms with van der Waals surface area (Å²) < 4.78 is 1.90. The Hall–Kier alpha value is -2.01. The normalized spacial score (nSPS) is 17.5. The van der Waals surface area contributed by atoms with E-state index in [2.05, 4.69) is 49.3 Å².